The van der Waals surface area contributed by atoms with Crippen LogP contribution < -0.4 is 5.32 Å². The molecule has 2 N–H and O–H groups in total. The van der Waals surface area contributed by atoms with Crippen LogP contribution in [0.2, 0.25) is 0 Å². The van der Waals surface area contributed by atoms with Crippen molar-refractivity contribution >= 4 is 28.4 Å². The molecule has 5 nitrogen and oxygen atoms in total. The molecule has 1 aliphatic rings. The molecule has 5 heteroatoms. The third kappa shape index (κ3) is 3.84. The van der Waals surface area contributed by atoms with Crippen LogP contribution in [0.3, 0.4) is 0 Å². The van der Waals surface area contributed by atoms with Gasteiger partial charge < -0.3 is 15.2 Å². The Hall–Kier alpha value is -3.08. The van der Waals surface area contributed by atoms with Crippen LogP contribution in [0.5, 0.6) is 0 Å². The van der Waals surface area contributed by atoms with Crippen LogP contribution in [-0.4, -0.2) is 35.3 Å². The van der Waals surface area contributed by atoms with Crippen molar-refractivity contribution in [1.29, 1.82) is 0 Å². The van der Waals surface area contributed by atoms with Gasteiger partial charge in [-0.2, -0.15) is 0 Å². The minimum Gasteiger partial charge on any atom is -0.358 e. The van der Waals surface area contributed by atoms with E-state index in [-0.39, 0.29) is 18.4 Å². The third-order valence-electron chi connectivity index (χ3n) is 6.01. The molecule has 1 aliphatic carbocycles. The lowest BCUT2D eigenvalue weighted by Gasteiger charge is -2.19. The number of aryl methyl sites for hydroxylation is 5. The molecule has 0 saturated carbocycles. The third-order valence-corrected chi connectivity index (χ3v) is 6.01. The Morgan fingerprint density at radius 3 is 2.47 bits per heavy atom. The fourth-order valence-electron chi connectivity index (χ4n) is 4.60. The molecule has 1 heterocycles. The van der Waals surface area contributed by atoms with Crippen LogP contribution >= 0.6 is 0 Å². The smallest absolute Gasteiger partial charge is 0.254 e. The second kappa shape index (κ2) is 7.98. The lowest BCUT2D eigenvalue weighted by Crippen LogP contribution is -2.35. The van der Waals surface area contributed by atoms with Gasteiger partial charge in [-0.15, -0.1) is 0 Å². The first-order chi connectivity index (χ1) is 14.3. The van der Waals surface area contributed by atoms with Crippen LogP contribution in [-0.2, 0) is 17.6 Å². The Balaban J connectivity index is 1.49. The lowest BCUT2D eigenvalue weighted by atomic mass is 9.95. The Morgan fingerprint density at radius 2 is 1.73 bits per heavy atom. The van der Waals surface area contributed by atoms with Gasteiger partial charge in [0.05, 0.1) is 6.54 Å². The van der Waals surface area contributed by atoms with E-state index in [1.165, 1.54) is 29.0 Å². The van der Waals surface area contributed by atoms with Gasteiger partial charge in [-0.3, -0.25) is 9.59 Å². The van der Waals surface area contributed by atoms with Gasteiger partial charge in [-0.1, -0.05) is 17.7 Å². The van der Waals surface area contributed by atoms with E-state index < -0.39 is 0 Å². The molecule has 0 spiro atoms. The summed E-state index contributed by atoms with van der Waals surface area (Å²) >= 11 is 0. The van der Waals surface area contributed by atoms with Crippen LogP contribution in [0.25, 0.3) is 10.9 Å². The molecule has 0 bridgehead atoms. The number of anilines is 1. The number of carbonyl (C=O) groups is 2. The standard InChI is InChI=1S/C25H29N3O2/c1-15-11-16(2)24(17(3)12-15)27-23(29)14-28(4)25(30)18-9-10-22-20(13-18)19-7-5-6-8-21(19)26-22/h9-13,26H,5-8,14H2,1-4H3,(H,27,29). The van der Waals surface area contributed by atoms with Crippen LogP contribution in [0.1, 0.15) is 51.1 Å². The van der Waals surface area contributed by atoms with Gasteiger partial charge in [0.15, 0.2) is 0 Å². The number of benzene rings is 2. The molecular weight excluding hydrogens is 374 g/mol. The molecule has 0 fully saturated rings. The van der Waals surface area contributed by atoms with Gasteiger partial charge in [0.1, 0.15) is 0 Å². The molecule has 0 aliphatic heterocycles. The Morgan fingerprint density at radius 1 is 1.03 bits per heavy atom. The maximum absolute atomic E-state index is 13.0. The van der Waals surface area contributed by atoms with Crippen LogP contribution in [0.15, 0.2) is 30.3 Å². The average molecular weight is 404 g/mol. The van der Waals surface area contributed by atoms with Crippen molar-refractivity contribution < 1.29 is 9.59 Å². The molecule has 3 aromatic rings. The number of carbonyl (C=O) groups excluding carboxylic acids is 2. The maximum Gasteiger partial charge on any atom is 0.254 e. The van der Waals surface area contributed by atoms with E-state index >= 15 is 0 Å². The Kier molecular flexibility index (Phi) is 5.37. The van der Waals surface area contributed by atoms with Crippen molar-refractivity contribution in [2.75, 3.05) is 18.9 Å². The fraction of sp³-hybridized carbons (Fsp3) is 0.360. The number of aromatic nitrogens is 1. The number of rotatable bonds is 4. The number of aromatic amines is 1. The van der Waals surface area contributed by atoms with Gasteiger partial charge in [-0.05, 0) is 81.3 Å². The minimum atomic E-state index is -0.194. The van der Waals surface area contributed by atoms with Crippen molar-refractivity contribution in [3.05, 3.63) is 63.8 Å². The topological polar surface area (TPSA) is 65.2 Å². The minimum absolute atomic E-state index is 0.00880. The van der Waals surface area contributed by atoms with Gasteiger partial charge in [0.25, 0.3) is 5.91 Å². The summed E-state index contributed by atoms with van der Waals surface area (Å²) in [5.41, 5.74) is 8.39. The molecule has 4 rings (SSSR count). The molecule has 30 heavy (non-hydrogen) atoms. The highest BCUT2D eigenvalue weighted by Gasteiger charge is 2.20. The number of nitrogens with zero attached hydrogens (tertiary/aromatic N) is 1. The predicted octanol–water partition coefficient (Wildman–Crippen LogP) is 4.68. The van der Waals surface area contributed by atoms with E-state index in [9.17, 15) is 9.59 Å². The van der Waals surface area contributed by atoms with E-state index in [1.54, 1.807) is 7.05 Å². The average Bonchev–Trinajstić information content (AvgIpc) is 3.08. The highest BCUT2D eigenvalue weighted by atomic mass is 16.2. The van der Waals surface area contributed by atoms with E-state index in [1.807, 2.05) is 51.1 Å². The summed E-state index contributed by atoms with van der Waals surface area (Å²) in [6.45, 7) is 6.01. The Bertz CT molecular complexity index is 1120. The van der Waals surface area contributed by atoms with Crippen molar-refractivity contribution in [2.24, 2.45) is 0 Å². The summed E-state index contributed by atoms with van der Waals surface area (Å²) in [7, 11) is 1.67. The SMILES string of the molecule is Cc1cc(C)c(NC(=O)CN(C)C(=O)c2ccc3[nH]c4c(c3c2)CCCC4)c(C)c1. The van der Waals surface area contributed by atoms with Crippen molar-refractivity contribution in [2.45, 2.75) is 46.5 Å². The van der Waals surface area contributed by atoms with E-state index in [4.69, 9.17) is 0 Å². The highest BCUT2D eigenvalue weighted by molar-refractivity contribution is 6.02. The largest absolute Gasteiger partial charge is 0.358 e. The number of amides is 2. The molecule has 2 amide bonds. The molecule has 0 unspecified atom stereocenters. The molecule has 0 saturated heterocycles. The van der Waals surface area contributed by atoms with E-state index in [0.717, 1.165) is 46.1 Å². The number of hydrogen-bond acceptors (Lipinski definition) is 2. The fourth-order valence-corrected chi connectivity index (χ4v) is 4.60. The van der Waals surface area contributed by atoms with E-state index in [2.05, 4.69) is 10.3 Å². The molecule has 0 radical (unpaired) electrons. The van der Waals surface area contributed by atoms with Gasteiger partial charge in [0.2, 0.25) is 5.91 Å². The van der Waals surface area contributed by atoms with Crippen molar-refractivity contribution in [3.63, 3.8) is 0 Å². The first kappa shape index (κ1) is 20.2. The second-order valence-electron chi connectivity index (χ2n) is 8.53. The molecular formula is C25H29N3O2. The van der Waals surface area contributed by atoms with Crippen molar-refractivity contribution in [3.8, 4) is 0 Å². The molecule has 156 valence electrons. The molecule has 2 aromatic carbocycles. The number of likely N-dealkylation sites (N-methyl/N-ethyl adjacent to an activating group) is 1. The number of nitrogens with one attached hydrogen (secondary N) is 2. The number of H-pyrrole nitrogens is 1. The van der Waals surface area contributed by atoms with Crippen LogP contribution in [0.4, 0.5) is 5.69 Å². The zero-order valence-electron chi connectivity index (χ0n) is 18.2. The molecule has 1 aromatic heterocycles. The normalized spacial score (nSPS) is 13.2. The van der Waals surface area contributed by atoms with Crippen LogP contribution in [0, 0.1) is 20.8 Å². The second-order valence-corrected chi connectivity index (χ2v) is 8.53. The summed E-state index contributed by atoms with van der Waals surface area (Å²) in [4.78, 5) is 30.6. The van der Waals surface area contributed by atoms with Gasteiger partial charge in [0, 0.05) is 34.9 Å². The lowest BCUT2D eigenvalue weighted by molar-refractivity contribution is -0.116. The maximum atomic E-state index is 13.0. The summed E-state index contributed by atoms with van der Waals surface area (Å²) in [6.07, 6.45) is 4.53. The van der Waals surface area contributed by atoms with Gasteiger partial charge >= 0.3 is 0 Å². The number of fused-ring (bicyclic) bond motifs is 3. The zero-order chi connectivity index (χ0) is 21.4. The van der Waals surface area contributed by atoms with E-state index in [0.29, 0.717) is 5.56 Å². The first-order valence-corrected chi connectivity index (χ1v) is 10.6. The highest BCUT2D eigenvalue weighted by Crippen LogP contribution is 2.30. The summed E-state index contributed by atoms with van der Waals surface area (Å²) < 4.78 is 0. The van der Waals surface area contributed by atoms with Gasteiger partial charge in [-0.25, -0.2) is 0 Å². The van der Waals surface area contributed by atoms with Crippen molar-refractivity contribution in [1.82, 2.24) is 9.88 Å². The predicted molar refractivity (Wildman–Crippen MR) is 121 cm³/mol. The summed E-state index contributed by atoms with van der Waals surface area (Å²) in [5.74, 6) is -0.337. The monoisotopic (exact) mass is 403 g/mol. The quantitative estimate of drug-likeness (QED) is 0.664. The first-order valence-electron chi connectivity index (χ1n) is 10.6. The number of hydrogen-bond donors (Lipinski definition) is 2. The summed E-state index contributed by atoms with van der Waals surface area (Å²) in [5, 5.41) is 4.11. The Labute approximate surface area is 177 Å². The molecule has 0 atom stereocenters. The zero-order valence-corrected chi connectivity index (χ0v) is 18.2. The summed E-state index contributed by atoms with van der Waals surface area (Å²) in [6, 6.07) is 9.89.